The quantitative estimate of drug-likeness (QED) is 0.197. The Morgan fingerprint density at radius 2 is 1.76 bits per heavy atom. The summed E-state index contributed by atoms with van der Waals surface area (Å²) in [6.45, 7) is -2.01. The largest absolute Gasteiger partial charge is 1.00 e. The number of phosphoric ester groups is 1. The number of carbonyl (C=O) groups excluding carboxylic acids is 1. The molecule has 0 heterocycles. The third kappa shape index (κ3) is 8.36. The summed E-state index contributed by atoms with van der Waals surface area (Å²) in [4.78, 5) is 27.5. The molecule has 0 aliphatic heterocycles. The number of Topliss-reactive ketones (excluding diaryl/α,β-unsaturated/α-hetero) is 1. The van der Waals surface area contributed by atoms with E-state index in [-0.39, 0.29) is 31.0 Å². The van der Waals surface area contributed by atoms with Crippen LogP contribution in [0.25, 0.3) is 0 Å². The van der Waals surface area contributed by atoms with E-state index >= 15 is 0 Å². The molecule has 0 aliphatic rings. The molecule has 0 saturated heterocycles. The number of hydrogen-bond donors (Lipinski definition) is 6. The number of rotatable bonds is 7. The molecular weight excluding hydrogens is 270 g/mol. The van der Waals surface area contributed by atoms with Crippen molar-refractivity contribution in [1.29, 1.82) is 0 Å². The smallest absolute Gasteiger partial charge is 1.00 e. The number of carbonyl (C=O) groups is 1. The van der Waals surface area contributed by atoms with Crippen molar-refractivity contribution in [3.05, 3.63) is 0 Å². The first-order chi connectivity index (χ1) is 7.19. The van der Waals surface area contributed by atoms with Crippen LogP contribution in [0.15, 0.2) is 0 Å². The molecule has 0 unspecified atom stereocenters. The Labute approximate surface area is 120 Å². The summed E-state index contributed by atoms with van der Waals surface area (Å²) in [6.07, 6.45) is -5.81. The van der Waals surface area contributed by atoms with Crippen molar-refractivity contribution in [3.8, 4) is 0 Å². The molecule has 6 N–H and O–H groups in total. The van der Waals surface area contributed by atoms with Crippen LogP contribution in [0.5, 0.6) is 0 Å². The fraction of sp³-hybridized carbons (Fsp3) is 0.833. The van der Waals surface area contributed by atoms with Crippen molar-refractivity contribution in [2.45, 2.75) is 18.3 Å². The Morgan fingerprint density at radius 3 is 2.12 bits per heavy atom. The van der Waals surface area contributed by atoms with Crippen LogP contribution in [-0.4, -0.2) is 67.5 Å². The van der Waals surface area contributed by atoms with E-state index in [0.29, 0.717) is 0 Å². The van der Waals surface area contributed by atoms with Crippen LogP contribution >= 0.6 is 7.82 Å². The second kappa shape index (κ2) is 8.68. The van der Waals surface area contributed by atoms with Gasteiger partial charge in [-0.05, 0) is 0 Å². The van der Waals surface area contributed by atoms with E-state index in [1.807, 2.05) is 0 Å². The average Bonchev–Trinajstić information content (AvgIpc) is 2.21. The zero-order chi connectivity index (χ0) is 12.9. The molecule has 17 heavy (non-hydrogen) atoms. The van der Waals surface area contributed by atoms with E-state index in [4.69, 9.17) is 30.2 Å². The Morgan fingerprint density at radius 1 is 1.29 bits per heavy atom. The molecule has 3 atom stereocenters. The van der Waals surface area contributed by atoms with E-state index in [0.717, 1.165) is 0 Å². The third-order valence-corrected chi connectivity index (χ3v) is 2.08. The Balaban J connectivity index is -0.00000112. The van der Waals surface area contributed by atoms with Crippen molar-refractivity contribution in [2.24, 2.45) is 0 Å². The van der Waals surface area contributed by atoms with Gasteiger partial charge in [-0.2, -0.15) is 0 Å². The van der Waals surface area contributed by atoms with Gasteiger partial charge in [-0.3, -0.25) is 9.32 Å². The van der Waals surface area contributed by atoms with E-state index in [1.54, 1.807) is 0 Å². The first-order valence-corrected chi connectivity index (χ1v) is 5.60. The molecule has 0 amide bonds. The molecule has 0 aromatic rings. The van der Waals surface area contributed by atoms with Crippen LogP contribution in [0.1, 0.15) is 1.43 Å². The number of aliphatic hydroxyl groups is 4. The fourth-order valence-corrected chi connectivity index (χ4v) is 1.04. The Kier molecular flexibility index (Phi) is 10.2. The molecule has 0 fully saturated rings. The summed E-state index contributed by atoms with van der Waals surface area (Å²) >= 11 is 0. The molecule has 0 aliphatic carbocycles. The van der Waals surface area contributed by atoms with Gasteiger partial charge in [0.25, 0.3) is 0 Å². The van der Waals surface area contributed by atoms with Gasteiger partial charge in [0.05, 0.1) is 6.61 Å². The van der Waals surface area contributed by atoms with Crippen LogP contribution in [0.2, 0.25) is 0 Å². The van der Waals surface area contributed by atoms with Gasteiger partial charge in [0, 0.05) is 0 Å². The van der Waals surface area contributed by atoms with Crippen LogP contribution < -0.4 is 29.6 Å². The van der Waals surface area contributed by atoms with Crippen molar-refractivity contribution < 1.29 is 75.1 Å². The van der Waals surface area contributed by atoms with Crippen molar-refractivity contribution >= 4 is 13.6 Å². The van der Waals surface area contributed by atoms with Crippen LogP contribution in [0, 0.1) is 0 Å². The minimum atomic E-state index is -4.85. The van der Waals surface area contributed by atoms with E-state index < -0.39 is 45.1 Å². The van der Waals surface area contributed by atoms with Gasteiger partial charge >= 0.3 is 37.4 Å². The second-order valence-corrected chi connectivity index (χ2v) is 4.16. The van der Waals surface area contributed by atoms with Gasteiger partial charge in [-0.1, -0.05) is 0 Å². The summed E-state index contributed by atoms with van der Waals surface area (Å²) in [5.41, 5.74) is 0. The zero-order valence-corrected chi connectivity index (χ0v) is 11.9. The zero-order valence-electron chi connectivity index (χ0n) is 10.0. The van der Waals surface area contributed by atoms with Crippen LogP contribution in [0.4, 0.5) is 0 Å². The fourth-order valence-electron chi connectivity index (χ4n) is 0.742. The van der Waals surface area contributed by atoms with Crippen LogP contribution in [0.3, 0.4) is 0 Å². The normalized spacial score (nSPS) is 16.8. The molecular formula is C6H14NaO9P. The molecule has 0 spiro atoms. The first-order valence-electron chi connectivity index (χ1n) is 4.07. The molecule has 0 radical (unpaired) electrons. The van der Waals surface area contributed by atoms with Gasteiger partial charge in [0.15, 0.2) is 5.78 Å². The number of ketones is 1. The molecule has 98 valence electrons. The van der Waals surface area contributed by atoms with Crippen molar-refractivity contribution in [3.63, 3.8) is 0 Å². The Hall–Kier alpha value is 0.620. The monoisotopic (exact) mass is 284 g/mol. The summed E-state index contributed by atoms with van der Waals surface area (Å²) in [6, 6.07) is 0. The first kappa shape index (κ1) is 19.9. The van der Waals surface area contributed by atoms with Gasteiger partial charge in [0.2, 0.25) is 0 Å². The maximum Gasteiger partial charge on any atom is 1.00 e. The van der Waals surface area contributed by atoms with Crippen molar-refractivity contribution in [1.82, 2.24) is 0 Å². The summed E-state index contributed by atoms with van der Waals surface area (Å²) in [5, 5.41) is 35.4. The van der Waals surface area contributed by atoms with Crippen molar-refractivity contribution in [2.75, 3.05) is 13.2 Å². The van der Waals surface area contributed by atoms with Gasteiger partial charge in [-0.25, -0.2) is 4.57 Å². The summed E-state index contributed by atoms with van der Waals surface area (Å²) in [7, 11) is -4.85. The molecule has 0 aromatic carbocycles. The summed E-state index contributed by atoms with van der Waals surface area (Å²) in [5.74, 6) is -1.23. The van der Waals surface area contributed by atoms with Gasteiger partial charge in [-0.15, -0.1) is 0 Å². The predicted molar refractivity (Wildman–Crippen MR) is 49.2 cm³/mol. The SMILES string of the molecule is O=C(COP(=O)(O)O)[C@@H](O)[C@H](O)[C@H](O)CO.[H-].[Na+]. The molecule has 0 rings (SSSR count). The number of hydrogen-bond acceptors (Lipinski definition) is 7. The average molecular weight is 284 g/mol. The summed E-state index contributed by atoms with van der Waals surface area (Å²) < 4.78 is 14.0. The van der Waals surface area contributed by atoms with Gasteiger partial charge < -0.3 is 31.6 Å². The minimum Gasteiger partial charge on any atom is -1.00 e. The maximum absolute atomic E-state index is 11.0. The molecule has 0 aromatic heterocycles. The second-order valence-electron chi connectivity index (χ2n) is 2.92. The maximum atomic E-state index is 11.0. The molecule has 0 saturated carbocycles. The third-order valence-electron chi connectivity index (χ3n) is 1.61. The molecule has 9 nitrogen and oxygen atoms in total. The minimum absolute atomic E-state index is 0. The van der Waals surface area contributed by atoms with E-state index in [9.17, 15) is 9.36 Å². The molecule has 0 bridgehead atoms. The van der Waals surface area contributed by atoms with E-state index in [2.05, 4.69) is 4.52 Å². The standard InChI is InChI=1S/C6H13O9P.Na.H/c7-1-3(8)5(10)6(11)4(9)2-15-16(12,13)14;;/h3,5-8,10-11H,1-2H2,(H2,12,13,14);;/q;+1;-1/t3-,5-,6-;;/m1../s1. The number of aliphatic hydroxyl groups excluding tert-OH is 4. The molecule has 11 heteroatoms. The Bertz CT molecular complexity index is 284. The van der Waals surface area contributed by atoms with E-state index in [1.165, 1.54) is 0 Å². The predicted octanol–water partition coefficient (Wildman–Crippen LogP) is -6.14. The van der Waals surface area contributed by atoms with Gasteiger partial charge in [0.1, 0.15) is 24.9 Å². The number of phosphoric acid groups is 1. The van der Waals surface area contributed by atoms with Crippen LogP contribution in [-0.2, 0) is 13.9 Å². The topological polar surface area (TPSA) is 165 Å².